The van der Waals surface area contributed by atoms with Crippen molar-refractivity contribution in [3.05, 3.63) is 49.2 Å². The summed E-state index contributed by atoms with van der Waals surface area (Å²) in [6, 6.07) is 8.90. The Kier molecular flexibility index (Phi) is 5.24. The van der Waals surface area contributed by atoms with Crippen LogP contribution < -0.4 is 10.1 Å². The molecule has 2 aromatic rings. The van der Waals surface area contributed by atoms with Crippen LogP contribution in [0.25, 0.3) is 0 Å². The van der Waals surface area contributed by atoms with Gasteiger partial charge in [-0.15, -0.1) is 11.3 Å². The highest BCUT2D eigenvalue weighted by Gasteiger charge is 2.15. The van der Waals surface area contributed by atoms with Crippen LogP contribution in [0.2, 0.25) is 0 Å². The van der Waals surface area contributed by atoms with Crippen LogP contribution in [-0.2, 0) is 0 Å². The molecule has 0 radical (unpaired) electrons. The number of hydrogen-bond acceptors (Lipinski definition) is 3. The number of halogens is 1. The lowest BCUT2D eigenvalue weighted by atomic mass is 9.99. The highest BCUT2D eigenvalue weighted by molar-refractivity contribution is 14.1. The summed E-state index contributed by atoms with van der Waals surface area (Å²) in [5, 5.41) is 5.79. The molecule has 4 heteroatoms. The van der Waals surface area contributed by atoms with Crippen molar-refractivity contribution in [2.45, 2.75) is 19.9 Å². The molecule has 2 rings (SSSR count). The van der Waals surface area contributed by atoms with Gasteiger partial charge in [0.2, 0.25) is 0 Å². The van der Waals surface area contributed by atoms with E-state index < -0.39 is 0 Å². The molecule has 19 heavy (non-hydrogen) atoms. The summed E-state index contributed by atoms with van der Waals surface area (Å²) in [6.45, 7) is 5.17. The molecule has 0 saturated heterocycles. The third-order valence-corrected chi connectivity index (χ3v) is 4.89. The maximum Gasteiger partial charge on any atom is 0.121 e. The minimum absolute atomic E-state index is 0.259. The zero-order valence-electron chi connectivity index (χ0n) is 11.4. The summed E-state index contributed by atoms with van der Waals surface area (Å²) in [5.41, 5.74) is 3.79. The first kappa shape index (κ1) is 14.8. The van der Waals surface area contributed by atoms with E-state index in [1.165, 1.54) is 19.6 Å². The first-order valence-electron chi connectivity index (χ1n) is 6.27. The van der Waals surface area contributed by atoms with Crippen molar-refractivity contribution in [3.63, 3.8) is 0 Å². The van der Waals surface area contributed by atoms with Crippen LogP contribution in [0, 0.1) is 9.81 Å². The minimum atomic E-state index is 0.259. The Bertz CT molecular complexity index is 553. The zero-order valence-corrected chi connectivity index (χ0v) is 14.3. The summed E-state index contributed by atoms with van der Waals surface area (Å²) >= 11 is 4.16. The van der Waals surface area contributed by atoms with Gasteiger partial charge in [-0.1, -0.05) is 19.1 Å². The molecule has 2 nitrogen and oxygen atoms in total. The number of nitrogens with one attached hydrogen (secondary N) is 1. The molecule has 1 aromatic carbocycles. The summed E-state index contributed by atoms with van der Waals surface area (Å²) in [7, 11) is 1.71. The number of ether oxygens (including phenoxy) is 1. The molecule has 0 spiro atoms. The Morgan fingerprint density at radius 2 is 2.11 bits per heavy atom. The fourth-order valence-corrected chi connectivity index (χ4v) is 3.59. The van der Waals surface area contributed by atoms with Crippen LogP contribution in [0.4, 0.5) is 0 Å². The van der Waals surface area contributed by atoms with E-state index in [1.54, 1.807) is 18.4 Å². The Morgan fingerprint density at radius 3 is 2.63 bits per heavy atom. The molecular weight excluding hydrogens is 369 g/mol. The molecule has 0 aliphatic heterocycles. The smallest absolute Gasteiger partial charge is 0.121 e. The number of rotatable bonds is 5. The number of benzene rings is 1. The van der Waals surface area contributed by atoms with Gasteiger partial charge in [-0.25, -0.2) is 0 Å². The molecular formula is C15H18INOS. The summed E-state index contributed by atoms with van der Waals surface area (Å²) in [5.74, 6) is 0.943. The number of aryl methyl sites for hydroxylation is 1. The van der Waals surface area contributed by atoms with Gasteiger partial charge in [0.1, 0.15) is 5.75 Å². The van der Waals surface area contributed by atoms with Crippen molar-refractivity contribution in [3.8, 4) is 5.75 Å². The first-order chi connectivity index (χ1) is 9.15. The number of methoxy groups -OCH3 is 1. The number of thiophene rings is 1. The van der Waals surface area contributed by atoms with E-state index in [9.17, 15) is 0 Å². The molecule has 1 aromatic heterocycles. The second-order valence-electron chi connectivity index (χ2n) is 4.40. The lowest BCUT2D eigenvalue weighted by Gasteiger charge is -2.18. The Morgan fingerprint density at radius 1 is 1.32 bits per heavy atom. The lowest BCUT2D eigenvalue weighted by molar-refractivity contribution is 0.411. The van der Waals surface area contributed by atoms with Gasteiger partial charge in [0.15, 0.2) is 0 Å². The van der Waals surface area contributed by atoms with E-state index in [2.05, 4.69) is 65.3 Å². The largest absolute Gasteiger partial charge is 0.496 e. The molecule has 102 valence electrons. The van der Waals surface area contributed by atoms with E-state index in [1.807, 2.05) is 6.07 Å². The third-order valence-electron chi connectivity index (χ3n) is 3.08. The van der Waals surface area contributed by atoms with Gasteiger partial charge in [0.05, 0.1) is 16.0 Å². The average Bonchev–Trinajstić information content (AvgIpc) is 2.82. The average molecular weight is 387 g/mol. The van der Waals surface area contributed by atoms with Crippen molar-refractivity contribution in [2.24, 2.45) is 0 Å². The standard InChI is InChI=1S/C15H18INOS/c1-4-17-15(12-8-14(16)19-9-12)11-5-6-13(18-3)10(2)7-11/h5-9,15,17H,4H2,1-3H3. The molecule has 1 atom stereocenters. The summed E-state index contributed by atoms with van der Waals surface area (Å²) in [6.07, 6.45) is 0. The second kappa shape index (κ2) is 6.72. The van der Waals surface area contributed by atoms with Gasteiger partial charge >= 0.3 is 0 Å². The molecule has 0 amide bonds. The monoisotopic (exact) mass is 387 g/mol. The second-order valence-corrected chi connectivity index (χ2v) is 7.21. The summed E-state index contributed by atoms with van der Waals surface area (Å²) in [4.78, 5) is 0. The predicted molar refractivity (Wildman–Crippen MR) is 90.3 cm³/mol. The van der Waals surface area contributed by atoms with Gasteiger partial charge in [-0.3, -0.25) is 0 Å². The van der Waals surface area contributed by atoms with E-state index in [0.717, 1.165) is 12.3 Å². The van der Waals surface area contributed by atoms with E-state index in [0.29, 0.717) is 0 Å². The quantitative estimate of drug-likeness (QED) is 0.770. The highest BCUT2D eigenvalue weighted by Crippen LogP contribution is 2.30. The van der Waals surface area contributed by atoms with Crippen LogP contribution in [-0.4, -0.2) is 13.7 Å². The number of hydrogen-bond donors (Lipinski definition) is 1. The Balaban J connectivity index is 2.36. The van der Waals surface area contributed by atoms with Crippen molar-refractivity contribution < 1.29 is 4.74 Å². The fraction of sp³-hybridized carbons (Fsp3) is 0.333. The molecule has 0 saturated carbocycles. The van der Waals surface area contributed by atoms with Crippen molar-refractivity contribution in [1.82, 2.24) is 5.32 Å². The van der Waals surface area contributed by atoms with E-state index in [4.69, 9.17) is 4.74 Å². The van der Waals surface area contributed by atoms with E-state index in [-0.39, 0.29) is 6.04 Å². The molecule has 1 N–H and O–H groups in total. The van der Waals surface area contributed by atoms with Gasteiger partial charge in [-0.05, 0) is 70.3 Å². The van der Waals surface area contributed by atoms with Crippen LogP contribution in [0.3, 0.4) is 0 Å². The van der Waals surface area contributed by atoms with Crippen molar-refractivity contribution in [1.29, 1.82) is 0 Å². The van der Waals surface area contributed by atoms with E-state index >= 15 is 0 Å². The van der Waals surface area contributed by atoms with Gasteiger partial charge in [0.25, 0.3) is 0 Å². The topological polar surface area (TPSA) is 21.3 Å². The SMILES string of the molecule is CCNC(c1csc(I)c1)c1ccc(OC)c(C)c1. The van der Waals surface area contributed by atoms with Crippen LogP contribution in [0.1, 0.15) is 29.7 Å². The Labute approximate surface area is 132 Å². The van der Waals surface area contributed by atoms with Gasteiger partial charge in [-0.2, -0.15) is 0 Å². The summed E-state index contributed by atoms with van der Waals surface area (Å²) < 4.78 is 6.65. The van der Waals surface area contributed by atoms with Gasteiger partial charge in [0, 0.05) is 0 Å². The van der Waals surface area contributed by atoms with Gasteiger partial charge < -0.3 is 10.1 Å². The van der Waals surface area contributed by atoms with Crippen LogP contribution in [0.15, 0.2) is 29.6 Å². The first-order valence-corrected chi connectivity index (χ1v) is 8.23. The molecule has 1 heterocycles. The van der Waals surface area contributed by atoms with Crippen LogP contribution in [0.5, 0.6) is 5.75 Å². The zero-order chi connectivity index (χ0) is 13.8. The molecule has 0 aliphatic rings. The predicted octanol–water partition coefficient (Wildman–Crippen LogP) is 4.37. The molecule has 0 aliphatic carbocycles. The Hall–Kier alpha value is -0.590. The maximum atomic E-state index is 5.33. The van der Waals surface area contributed by atoms with Crippen molar-refractivity contribution in [2.75, 3.05) is 13.7 Å². The normalized spacial score (nSPS) is 12.4. The molecule has 1 unspecified atom stereocenters. The maximum absolute atomic E-state index is 5.33. The minimum Gasteiger partial charge on any atom is -0.496 e. The fourth-order valence-electron chi connectivity index (χ4n) is 2.19. The molecule has 0 bridgehead atoms. The third kappa shape index (κ3) is 3.49. The lowest BCUT2D eigenvalue weighted by Crippen LogP contribution is -2.21. The molecule has 0 fully saturated rings. The van der Waals surface area contributed by atoms with Crippen molar-refractivity contribution >= 4 is 33.9 Å². The van der Waals surface area contributed by atoms with Crippen LogP contribution >= 0.6 is 33.9 Å². The highest BCUT2D eigenvalue weighted by atomic mass is 127.